The molecule has 1 aromatic carbocycles. The van der Waals surface area contributed by atoms with E-state index in [0.29, 0.717) is 11.7 Å². The van der Waals surface area contributed by atoms with E-state index in [4.69, 9.17) is 11.6 Å². The van der Waals surface area contributed by atoms with Gasteiger partial charge in [0.2, 0.25) is 0 Å². The standard InChI is InChI=1S/C19H25ClO/c1-12-6-7-14(18(20)8-12)4-3-5-19(21)17-10-15-9-16(11-17)13(15)2/h6-8,13,15-17H,3-5,9-11H2,1-2H3. The smallest absolute Gasteiger partial charge is 0.136 e. The molecule has 0 amide bonds. The fourth-order valence-electron chi connectivity index (χ4n) is 4.23. The maximum absolute atomic E-state index is 12.4. The summed E-state index contributed by atoms with van der Waals surface area (Å²) in [6.45, 7) is 4.41. The lowest BCUT2D eigenvalue weighted by molar-refractivity contribution is -0.129. The van der Waals surface area contributed by atoms with Crippen molar-refractivity contribution in [3.63, 3.8) is 0 Å². The van der Waals surface area contributed by atoms with Crippen molar-refractivity contribution < 1.29 is 4.79 Å². The van der Waals surface area contributed by atoms with Crippen molar-refractivity contribution in [2.45, 2.75) is 52.4 Å². The summed E-state index contributed by atoms with van der Waals surface area (Å²) in [6, 6.07) is 6.20. The van der Waals surface area contributed by atoms with Crippen LogP contribution in [0.25, 0.3) is 0 Å². The molecule has 3 aliphatic rings. The van der Waals surface area contributed by atoms with Crippen molar-refractivity contribution in [3.8, 4) is 0 Å². The molecule has 2 bridgehead atoms. The minimum atomic E-state index is 0.360. The molecule has 0 spiro atoms. The second-order valence-corrected chi connectivity index (χ2v) is 7.61. The highest BCUT2D eigenvalue weighted by molar-refractivity contribution is 6.31. The van der Waals surface area contributed by atoms with Crippen LogP contribution in [0.4, 0.5) is 0 Å². The third kappa shape index (κ3) is 3.18. The zero-order valence-electron chi connectivity index (χ0n) is 13.1. The Kier molecular flexibility index (Phi) is 4.40. The highest BCUT2D eigenvalue weighted by atomic mass is 35.5. The molecule has 4 rings (SSSR count). The number of carbonyl (C=O) groups is 1. The van der Waals surface area contributed by atoms with E-state index in [0.717, 1.165) is 54.9 Å². The summed E-state index contributed by atoms with van der Waals surface area (Å²) in [6.07, 6.45) is 6.26. The summed E-state index contributed by atoms with van der Waals surface area (Å²) in [5.41, 5.74) is 2.37. The number of aryl methyl sites for hydroxylation is 2. The molecule has 0 heterocycles. The summed E-state index contributed by atoms with van der Waals surface area (Å²) >= 11 is 6.25. The van der Waals surface area contributed by atoms with E-state index in [1.165, 1.54) is 17.5 Å². The number of ketones is 1. The van der Waals surface area contributed by atoms with Crippen LogP contribution in [-0.2, 0) is 11.2 Å². The largest absolute Gasteiger partial charge is 0.299 e. The topological polar surface area (TPSA) is 17.1 Å². The van der Waals surface area contributed by atoms with Crippen molar-refractivity contribution in [1.82, 2.24) is 0 Å². The molecule has 114 valence electrons. The van der Waals surface area contributed by atoms with Gasteiger partial charge in [-0.2, -0.15) is 0 Å². The van der Waals surface area contributed by atoms with Gasteiger partial charge in [0.1, 0.15) is 5.78 Å². The highest BCUT2D eigenvalue weighted by Crippen LogP contribution is 2.52. The quantitative estimate of drug-likeness (QED) is 0.728. The molecule has 3 aliphatic carbocycles. The minimum absolute atomic E-state index is 0.360. The van der Waals surface area contributed by atoms with Crippen LogP contribution in [0.15, 0.2) is 18.2 Å². The van der Waals surface area contributed by atoms with Crippen LogP contribution in [0, 0.1) is 30.6 Å². The molecule has 3 fully saturated rings. The normalized spacial score (nSPS) is 30.8. The van der Waals surface area contributed by atoms with E-state index in [1.54, 1.807) is 0 Å². The van der Waals surface area contributed by atoms with Crippen molar-refractivity contribution >= 4 is 17.4 Å². The first-order valence-electron chi connectivity index (χ1n) is 8.32. The Morgan fingerprint density at radius 2 is 1.95 bits per heavy atom. The second-order valence-electron chi connectivity index (χ2n) is 7.20. The Morgan fingerprint density at radius 1 is 1.24 bits per heavy atom. The first kappa shape index (κ1) is 15.1. The molecule has 3 saturated carbocycles. The maximum atomic E-state index is 12.4. The van der Waals surface area contributed by atoms with Gasteiger partial charge in [0.05, 0.1) is 0 Å². The molecule has 0 aliphatic heterocycles. The van der Waals surface area contributed by atoms with Crippen LogP contribution in [0.5, 0.6) is 0 Å². The van der Waals surface area contributed by atoms with Gasteiger partial charge < -0.3 is 0 Å². The molecule has 0 aromatic heterocycles. The first-order chi connectivity index (χ1) is 10.0. The van der Waals surface area contributed by atoms with Crippen molar-refractivity contribution in [2.75, 3.05) is 0 Å². The number of hydrogen-bond acceptors (Lipinski definition) is 1. The molecule has 21 heavy (non-hydrogen) atoms. The predicted molar refractivity (Wildman–Crippen MR) is 87.6 cm³/mol. The number of rotatable bonds is 5. The predicted octanol–water partition coefficient (Wildman–Crippen LogP) is 5.22. The molecule has 2 atom stereocenters. The monoisotopic (exact) mass is 304 g/mol. The van der Waals surface area contributed by atoms with Gasteiger partial charge in [-0.25, -0.2) is 0 Å². The van der Waals surface area contributed by atoms with E-state index in [-0.39, 0.29) is 0 Å². The Morgan fingerprint density at radius 3 is 2.57 bits per heavy atom. The second kappa shape index (κ2) is 6.12. The zero-order chi connectivity index (χ0) is 15.0. The van der Waals surface area contributed by atoms with Gasteiger partial charge in [-0.05, 0) is 74.0 Å². The third-order valence-electron chi connectivity index (χ3n) is 5.80. The van der Waals surface area contributed by atoms with Crippen LogP contribution in [-0.4, -0.2) is 5.78 Å². The number of halogens is 1. The minimum Gasteiger partial charge on any atom is -0.299 e. The van der Waals surface area contributed by atoms with Crippen molar-refractivity contribution in [1.29, 1.82) is 0 Å². The summed E-state index contributed by atoms with van der Waals surface area (Å²) in [4.78, 5) is 12.4. The third-order valence-corrected chi connectivity index (χ3v) is 6.15. The maximum Gasteiger partial charge on any atom is 0.136 e. The Hall–Kier alpha value is -0.820. The molecular formula is C19H25ClO. The average Bonchev–Trinajstić information content (AvgIpc) is 2.48. The van der Waals surface area contributed by atoms with Gasteiger partial charge in [0, 0.05) is 17.4 Å². The van der Waals surface area contributed by atoms with Gasteiger partial charge in [-0.1, -0.05) is 30.7 Å². The fraction of sp³-hybridized carbons (Fsp3) is 0.632. The molecule has 2 heteroatoms. The van der Waals surface area contributed by atoms with E-state index in [1.807, 2.05) is 6.07 Å². The van der Waals surface area contributed by atoms with Crippen molar-refractivity contribution in [3.05, 3.63) is 34.3 Å². The van der Waals surface area contributed by atoms with Crippen LogP contribution >= 0.6 is 11.6 Å². The Labute approximate surface area is 133 Å². The van der Waals surface area contributed by atoms with Crippen molar-refractivity contribution in [2.24, 2.45) is 23.7 Å². The Balaban J connectivity index is 1.46. The van der Waals surface area contributed by atoms with E-state index in [9.17, 15) is 4.79 Å². The Bertz CT molecular complexity index is 524. The van der Waals surface area contributed by atoms with E-state index >= 15 is 0 Å². The van der Waals surface area contributed by atoms with Gasteiger partial charge in [0.15, 0.2) is 0 Å². The number of hydrogen-bond donors (Lipinski definition) is 0. The summed E-state index contributed by atoms with van der Waals surface area (Å²) < 4.78 is 0. The van der Waals surface area contributed by atoms with Gasteiger partial charge in [0.25, 0.3) is 0 Å². The van der Waals surface area contributed by atoms with Gasteiger partial charge in [-0.3, -0.25) is 4.79 Å². The number of fused-ring (bicyclic) bond motifs is 2. The van der Waals surface area contributed by atoms with Gasteiger partial charge >= 0.3 is 0 Å². The molecule has 1 nitrogen and oxygen atoms in total. The molecule has 1 aromatic rings. The molecule has 0 N–H and O–H groups in total. The number of carbonyl (C=O) groups excluding carboxylic acids is 1. The number of Topliss-reactive ketones (excluding diaryl/α,β-unsaturated/α-hetero) is 1. The molecule has 2 unspecified atom stereocenters. The molecule has 0 radical (unpaired) electrons. The lowest BCUT2D eigenvalue weighted by atomic mass is 9.54. The van der Waals surface area contributed by atoms with E-state index < -0.39 is 0 Å². The lowest BCUT2D eigenvalue weighted by Crippen LogP contribution is -2.44. The zero-order valence-corrected chi connectivity index (χ0v) is 13.8. The summed E-state index contributed by atoms with van der Waals surface area (Å²) in [5.74, 6) is 3.41. The fourth-order valence-corrected chi connectivity index (χ4v) is 4.56. The van der Waals surface area contributed by atoms with E-state index in [2.05, 4.69) is 26.0 Å². The summed E-state index contributed by atoms with van der Waals surface area (Å²) in [5, 5.41) is 0.843. The van der Waals surface area contributed by atoms with Crippen LogP contribution < -0.4 is 0 Å². The number of benzene rings is 1. The summed E-state index contributed by atoms with van der Waals surface area (Å²) in [7, 11) is 0. The molecular weight excluding hydrogens is 280 g/mol. The molecule has 0 saturated heterocycles. The van der Waals surface area contributed by atoms with Crippen LogP contribution in [0.2, 0.25) is 5.02 Å². The first-order valence-corrected chi connectivity index (χ1v) is 8.70. The van der Waals surface area contributed by atoms with Crippen LogP contribution in [0.1, 0.15) is 50.2 Å². The SMILES string of the molecule is Cc1ccc(CCCC(=O)C2CC3CC(C2)C3C)c(Cl)c1. The highest BCUT2D eigenvalue weighted by Gasteiger charge is 2.45. The van der Waals surface area contributed by atoms with Gasteiger partial charge in [-0.15, -0.1) is 0 Å². The van der Waals surface area contributed by atoms with Crippen LogP contribution in [0.3, 0.4) is 0 Å². The lowest BCUT2D eigenvalue weighted by Gasteiger charge is -2.50. The average molecular weight is 305 g/mol.